The third-order valence-corrected chi connectivity index (χ3v) is 6.19. The van der Waals surface area contributed by atoms with E-state index in [4.69, 9.17) is 4.74 Å². The van der Waals surface area contributed by atoms with Gasteiger partial charge in [0.25, 0.3) is 5.91 Å². The predicted molar refractivity (Wildman–Crippen MR) is 98.7 cm³/mol. The molecule has 3 heterocycles. The van der Waals surface area contributed by atoms with E-state index >= 15 is 0 Å². The summed E-state index contributed by atoms with van der Waals surface area (Å²) in [5.41, 5.74) is 0. The van der Waals surface area contributed by atoms with E-state index < -0.39 is 5.97 Å². The van der Waals surface area contributed by atoms with Crippen molar-refractivity contribution in [2.75, 3.05) is 12.4 Å². The van der Waals surface area contributed by atoms with E-state index in [1.807, 2.05) is 30.2 Å². The number of thioether (sulfide) groups is 1. The van der Waals surface area contributed by atoms with E-state index in [2.05, 4.69) is 9.97 Å². The Balaban J connectivity index is 1.49. The summed E-state index contributed by atoms with van der Waals surface area (Å²) in [5, 5.41) is 3.64. The maximum Gasteiger partial charge on any atom is 0.316 e. The van der Waals surface area contributed by atoms with Crippen molar-refractivity contribution in [2.24, 2.45) is 0 Å². The summed E-state index contributed by atoms with van der Waals surface area (Å²) in [6.45, 7) is 3.91. The molecule has 1 aliphatic heterocycles. The molecule has 8 heteroatoms. The smallest absolute Gasteiger partial charge is 0.316 e. The number of esters is 1. The van der Waals surface area contributed by atoms with Crippen molar-refractivity contribution in [3.05, 3.63) is 17.8 Å². The average Bonchev–Trinajstić information content (AvgIpc) is 3.07. The van der Waals surface area contributed by atoms with Crippen LogP contribution < -0.4 is 0 Å². The zero-order chi connectivity index (χ0) is 17.8. The number of hydrogen-bond donors (Lipinski definition) is 0. The Morgan fingerprint density at radius 3 is 2.84 bits per heavy atom. The molecule has 2 aromatic heterocycles. The number of hydrogen-bond acceptors (Lipinski definition) is 7. The van der Waals surface area contributed by atoms with Gasteiger partial charge in [-0.2, -0.15) is 0 Å². The Hall–Kier alpha value is -1.67. The topological polar surface area (TPSA) is 72.4 Å². The number of aromatic nitrogens is 2. The highest BCUT2D eigenvalue weighted by Crippen LogP contribution is 2.27. The number of piperidine rings is 1. The Kier molecular flexibility index (Phi) is 5.90. The number of nitrogens with zero attached hydrogens (tertiary/aromatic N) is 3. The van der Waals surface area contributed by atoms with Gasteiger partial charge in [0.05, 0.1) is 5.75 Å². The fourth-order valence-electron chi connectivity index (χ4n) is 3.18. The predicted octanol–water partition coefficient (Wildman–Crippen LogP) is 3.12. The Bertz CT molecular complexity index is 754. The number of carbonyl (C=O) groups excluding carboxylic acids is 2. The molecule has 0 saturated carbocycles. The molecule has 1 fully saturated rings. The van der Waals surface area contributed by atoms with Crippen molar-refractivity contribution in [3.8, 4) is 0 Å². The first-order valence-electron chi connectivity index (χ1n) is 8.34. The lowest BCUT2D eigenvalue weighted by Crippen LogP contribution is -2.49. The number of ether oxygens (including phenoxy) is 1. The largest absolute Gasteiger partial charge is 0.455 e. The van der Waals surface area contributed by atoms with Crippen molar-refractivity contribution in [3.63, 3.8) is 0 Å². The number of likely N-dealkylation sites (tertiary alicyclic amines) is 1. The van der Waals surface area contributed by atoms with Gasteiger partial charge >= 0.3 is 5.97 Å². The number of thiophene rings is 1. The molecule has 25 heavy (non-hydrogen) atoms. The number of fused-ring (bicyclic) bond motifs is 1. The lowest BCUT2D eigenvalue weighted by Gasteiger charge is -2.38. The summed E-state index contributed by atoms with van der Waals surface area (Å²) in [6, 6.07) is 2.35. The van der Waals surface area contributed by atoms with Gasteiger partial charge in [0.1, 0.15) is 16.2 Å². The summed E-state index contributed by atoms with van der Waals surface area (Å²) >= 11 is 2.84. The quantitative estimate of drug-likeness (QED) is 0.451. The van der Waals surface area contributed by atoms with Gasteiger partial charge in [-0.25, -0.2) is 9.97 Å². The van der Waals surface area contributed by atoms with E-state index in [0.717, 1.165) is 34.5 Å². The molecule has 0 spiro atoms. The van der Waals surface area contributed by atoms with Crippen LogP contribution >= 0.6 is 23.1 Å². The van der Waals surface area contributed by atoms with Gasteiger partial charge in [0.15, 0.2) is 6.61 Å². The second-order valence-electron chi connectivity index (χ2n) is 6.20. The zero-order valence-corrected chi connectivity index (χ0v) is 15.9. The van der Waals surface area contributed by atoms with Crippen molar-refractivity contribution < 1.29 is 14.3 Å². The maximum atomic E-state index is 12.4. The van der Waals surface area contributed by atoms with Gasteiger partial charge in [0.2, 0.25) is 0 Å². The average molecular weight is 380 g/mol. The number of rotatable bonds is 5. The summed E-state index contributed by atoms with van der Waals surface area (Å²) in [5.74, 6) is -0.390. The molecule has 0 bridgehead atoms. The Morgan fingerprint density at radius 1 is 1.32 bits per heavy atom. The Labute approximate surface area is 155 Å². The minimum absolute atomic E-state index is 0.111. The highest BCUT2D eigenvalue weighted by molar-refractivity contribution is 8.00. The van der Waals surface area contributed by atoms with Crippen LogP contribution in [-0.4, -0.2) is 51.2 Å². The van der Waals surface area contributed by atoms with E-state index in [9.17, 15) is 9.59 Å². The molecule has 0 aliphatic carbocycles. The molecule has 1 aliphatic rings. The minimum atomic E-state index is -0.405. The van der Waals surface area contributed by atoms with Crippen LogP contribution in [0.1, 0.15) is 33.1 Å². The van der Waals surface area contributed by atoms with Crippen LogP contribution in [0, 0.1) is 0 Å². The first-order chi connectivity index (χ1) is 12.1. The third-order valence-electron chi connectivity index (χ3n) is 4.39. The van der Waals surface area contributed by atoms with Crippen LogP contribution in [0.4, 0.5) is 0 Å². The molecule has 0 unspecified atom stereocenters. The van der Waals surface area contributed by atoms with Gasteiger partial charge in [-0.05, 0) is 44.6 Å². The van der Waals surface area contributed by atoms with Gasteiger partial charge in [0, 0.05) is 17.5 Å². The van der Waals surface area contributed by atoms with Crippen LogP contribution in [0.2, 0.25) is 0 Å². The summed E-state index contributed by atoms with van der Waals surface area (Å²) in [6.07, 6.45) is 4.64. The molecular formula is C17H21N3O3S2. The highest BCUT2D eigenvalue weighted by atomic mass is 32.2. The minimum Gasteiger partial charge on any atom is -0.455 e. The molecule has 2 aromatic rings. The van der Waals surface area contributed by atoms with Crippen LogP contribution in [-0.2, 0) is 14.3 Å². The normalized spacial score (nSPS) is 20.6. The van der Waals surface area contributed by atoms with E-state index in [-0.39, 0.29) is 30.4 Å². The molecule has 0 radical (unpaired) electrons. The number of carbonyl (C=O) groups is 2. The molecule has 0 N–H and O–H groups in total. The van der Waals surface area contributed by atoms with Crippen molar-refractivity contribution in [1.82, 2.24) is 14.9 Å². The molecular weight excluding hydrogens is 358 g/mol. The fraction of sp³-hybridized carbons (Fsp3) is 0.529. The lowest BCUT2D eigenvalue weighted by molar-refractivity contribution is -0.153. The van der Waals surface area contributed by atoms with E-state index in [1.165, 1.54) is 29.4 Å². The second kappa shape index (κ2) is 8.14. The molecule has 3 rings (SSSR count). The van der Waals surface area contributed by atoms with Gasteiger partial charge in [-0.3, -0.25) is 9.59 Å². The van der Waals surface area contributed by atoms with Crippen LogP contribution in [0.5, 0.6) is 0 Å². The molecule has 6 nitrogen and oxygen atoms in total. The number of amides is 1. The SMILES string of the molecule is C[C@@H]1CCC[C@@H](C)N1C(=O)COC(=O)CSc1ncnc2sccc12. The molecule has 134 valence electrons. The fourth-order valence-corrected chi connectivity index (χ4v) is 4.76. The maximum absolute atomic E-state index is 12.4. The van der Waals surface area contributed by atoms with Crippen molar-refractivity contribution in [2.45, 2.75) is 50.2 Å². The van der Waals surface area contributed by atoms with Crippen LogP contribution in [0.15, 0.2) is 22.8 Å². The highest BCUT2D eigenvalue weighted by Gasteiger charge is 2.29. The van der Waals surface area contributed by atoms with Gasteiger partial charge in [-0.15, -0.1) is 11.3 Å². The monoisotopic (exact) mass is 379 g/mol. The molecule has 1 saturated heterocycles. The van der Waals surface area contributed by atoms with Crippen LogP contribution in [0.3, 0.4) is 0 Å². The van der Waals surface area contributed by atoms with Gasteiger partial charge < -0.3 is 9.64 Å². The molecule has 1 amide bonds. The van der Waals surface area contributed by atoms with E-state index in [0.29, 0.717) is 0 Å². The second-order valence-corrected chi connectivity index (χ2v) is 8.06. The molecule has 2 atom stereocenters. The van der Waals surface area contributed by atoms with Crippen molar-refractivity contribution in [1.29, 1.82) is 0 Å². The first-order valence-corrected chi connectivity index (χ1v) is 10.2. The summed E-state index contributed by atoms with van der Waals surface area (Å²) in [7, 11) is 0. The standard InChI is InChI=1S/C17H21N3O3S2/c1-11-4-3-5-12(2)20(11)14(21)8-23-15(22)9-25-17-13-6-7-24-16(13)18-10-19-17/h6-7,10-12H,3-5,8-9H2,1-2H3/t11-,12-/m1/s1. The van der Waals surface area contributed by atoms with Crippen molar-refractivity contribution >= 4 is 45.2 Å². The van der Waals surface area contributed by atoms with Gasteiger partial charge in [-0.1, -0.05) is 11.8 Å². The third kappa shape index (κ3) is 4.30. The van der Waals surface area contributed by atoms with E-state index in [1.54, 1.807) is 0 Å². The Morgan fingerprint density at radius 2 is 2.08 bits per heavy atom. The first kappa shape index (κ1) is 18.1. The summed E-state index contributed by atoms with van der Waals surface area (Å²) < 4.78 is 5.18. The zero-order valence-electron chi connectivity index (χ0n) is 14.3. The summed E-state index contributed by atoms with van der Waals surface area (Å²) in [4.78, 5) is 35.5. The molecule has 0 aromatic carbocycles. The van der Waals surface area contributed by atoms with Crippen LogP contribution in [0.25, 0.3) is 10.2 Å². The lowest BCUT2D eigenvalue weighted by atomic mass is 9.97.